The summed E-state index contributed by atoms with van der Waals surface area (Å²) in [6.45, 7) is 6.03. The maximum atomic E-state index is 12.1. The molecule has 0 radical (unpaired) electrons. The summed E-state index contributed by atoms with van der Waals surface area (Å²) in [5.41, 5.74) is -0.950. The summed E-state index contributed by atoms with van der Waals surface area (Å²) in [6, 6.07) is 0. The van der Waals surface area contributed by atoms with Crippen molar-refractivity contribution >= 4 is 0 Å². The lowest BCUT2D eigenvalue weighted by Crippen LogP contribution is -2.39. The van der Waals surface area contributed by atoms with Gasteiger partial charge in [0.05, 0.1) is 5.60 Å². The summed E-state index contributed by atoms with van der Waals surface area (Å²) in [7, 11) is 0. The van der Waals surface area contributed by atoms with Crippen molar-refractivity contribution in [1.29, 1.82) is 0 Å². The van der Waals surface area contributed by atoms with Crippen LogP contribution in [0, 0.1) is 17.8 Å². The molecule has 0 aromatic rings. The largest absolute Gasteiger partial charge is 0.390 e. The molecule has 1 saturated carbocycles. The van der Waals surface area contributed by atoms with Crippen LogP contribution in [0.5, 0.6) is 0 Å². The fraction of sp³-hybridized carbons (Fsp3) is 1.00. The number of alkyl halides is 3. The number of hydrogen-bond acceptors (Lipinski definition) is 1. The van der Waals surface area contributed by atoms with E-state index in [1.54, 1.807) is 6.92 Å². The molecule has 1 aliphatic carbocycles. The van der Waals surface area contributed by atoms with E-state index in [2.05, 4.69) is 13.8 Å². The first-order chi connectivity index (χ1) is 8.10. The molecule has 1 nitrogen and oxygen atoms in total. The standard InChI is InChI=1S/C14H25F3O/c1-10-7-11(2)9-12(8-10)13(3,18)5-4-6-14(15,16)17/h10-12,18H,4-9H2,1-3H3. The van der Waals surface area contributed by atoms with Crippen LogP contribution in [0.15, 0.2) is 0 Å². The van der Waals surface area contributed by atoms with Crippen LogP contribution in [0.1, 0.15) is 59.3 Å². The number of halogens is 3. The Hall–Kier alpha value is -0.250. The predicted molar refractivity (Wildman–Crippen MR) is 66.2 cm³/mol. The molecule has 1 N–H and O–H groups in total. The van der Waals surface area contributed by atoms with Crippen LogP contribution < -0.4 is 0 Å². The zero-order valence-electron chi connectivity index (χ0n) is 11.6. The Morgan fingerprint density at radius 1 is 1.00 bits per heavy atom. The van der Waals surface area contributed by atoms with Gasteiger partial charge in [-0.2, -0.15) is 13.2 Å². The Labute approximate surface area is 108 Å². The number of aliphatic hydroxyl groups is 1. The molecule has 18 heavy (non-hydrogen) atoms. The van der Waals surface area contributed by atoms with Crippen molar-refractivity contribution in [2.45, 2.75) is 71.1 Å². The molecule has 0 spiro atoms. The van der Waals surface area contributed by atoms with E-state index in [0.717, 1.165) is 19.3 Å². The van der Waals surface area contributed by atoms with Crippen LogP contribution in [0.25, 0.3) is 0 Å². The summed E-state index contributed by atoms with van der Waals surface area (Å²) in [4.78, 5) is 0. The van der Waals surface area contributed by atoms with Crippen LogP contribution in [-0.4, -0.2) is 16.9 Å². The predicted octanol–water partition coefficient (Wildman–Crippen LogP) is 4.54. The quantitative estimate of drug-likeness (QED) is 0.792. The van der Waals surface area contributed by atoms with E-state index in [4.69, 9.17) is 0 Å². The molecule has 3 atom stereocenters. The average molecular weight is 266 g/mol. The molecule has 0 bridgehead atoms. The van der Waals surface area contributed by atoms with E-state index < -0.39 is 18.2 Å². The lowest BCUT2D eigenvalue weighted by atomic mass is 9.69. The molecule has 0 heterocycles. The molecule has 0 aromatic carbocycles. The third-order valence-corrected chi connectivity index (χ3v) is 4.20. The van der Waals surface area contributed by atoms with Crippen LogP contribution in [0.4, 0.5) is 13.2 Å². The molecule has 4 heteroatoms. The topological polar surface area (TPSA) is 20.2 Å². The fourth-order valence-corrected chi connectivity index (χ4v) is 3.31. The molecular formula is C14H25F3O. The van der Waals surface area contributed by atoms with Crippen LogP contribution >= 0.6 is 0 Å². The highest BCUT2D eigenvalue weighted by molar-refractivity contribution is 4.88. The van der Waals surface area contributed by atoms with Crippen molar-refractivity contribution < 1.29 is 18.3 Å². The molecule has 0 amide bonds. The van der Waals surface area contributed by atoms with Gasteiger partial charge in [0.1, 0.15) is 0 Å². The molecule has 1 aliphatic rings. The van der Waals surface area contributed by atoms with Gasteiger partial charge in [0.25, 0.3) is 0 Å². The van der Waals surface area contributed by atoms with Crippen molar-refractivity contribution in [2.24, 2.45) is 17.8 Å². The molecule has 1 fully saturated rings. The first kappa shape index (κ1) is 15.8. The second kappa shape index (κ2) is 5.81. The van der Waals surface area contributed by atoms with Gasteiger partial charge in [0.15, 0.2) is 0 Å². The van der Waals surface area contributed by atoms with Crippen molar-refractivity contribution in [3.05, 3.63) is 0 Å². The van der Waals surface area contributed by atoms with Crippen molar-refractivity contribution in [3.8, 4) is 0 Å². The van der Waals surface area contributed by atoms with Crippen LogP contribution in [0.2, 0.25) is 0 Å². The van der Waals surface area contributed by atoms with Crippen molar-refractivity contribution in [3.63, 3.8) is 0 Å². The lowest BCUT2D eigenvalue weighted by Gasteiger charge is -2.40. The molecule has 0 aromatic heterocycles. The Bertz CT molecular complexity index is 250. The minimum atomic E-state index is -4.11. The Morgan fingerprint density at radius 3 is 1.94 bits per heavy atom. The van der Waals surface area contributed by atoms with E-state index in [0.29, 0.717) is 11.8 Å². The van der Waals surface area contributed by atoms with Gasteiger partial charge < -0.3 is 5.11 Å². The molecule has 108 valence electrons. The van der Waals surface area contributed by atoms with Gasteiger partial charge in [-0.05, 0) is 56.8 Å². The average Bonchev–Trinajstić information content (AvgIpc) is 2.13. The van der Waals surface area contributed by atoms with Crippen LogP contribution in [-0.2, 0) is 0 Å². The van der Waals surface area contributed by atoms with E-state index in [1.165, 1.54) is 0 Å². The zero-order chi connectivity index (χ0) is 14.0. The van der Waals surface area contributed by atoms with Gasteiger partial charge in [-0.15, -0.1) is 0 Å². The first-order valence-electron chi connectivity index (χ1n) is 6.89. The molecule has 3 unspecified atom stereocenters. The second-order valence-corrected chi connectivity index (χ2v) is 6.44. The van der Waals surface area contributed by atoms with Gasteiger partial charge >= 0.3 is 6.18 Å². The van der Waals surface area contributed by atoms with Crippen molar-refractivity contribution in [2.75, 3.05) is 0 Å². The number of rotatable bonds is 4. The van der Waals surface area contributed by atoms with Gasteiger partial charge in [-0.3, -0.25) is 0 Å². The summed E-state index contributed by atoms with van der Waals surface area (Å²) < 4.78 is 36.3. The van der Waals surface area contributed by atoms with Crippen molar-refractivity contribution in [1.82, 2.24) is 0 Å². The minimum absolute atomic E-state index is 0.0236. The molecule has 0 aliphatic heterocycles. The SMILES string of the molecule is CC1CC(C)CC(C(C)(O)CCCC(F)(F)F)C1. The summed E-state index contributed by atoms with van der Waals surface area (Å²) in [5.74, 6) is 1.27. The summed E-state index contributed by atoms with van der Waals surface area (Å²) in [6.07, 6.45) is -1.60. The highest BCUT2D eigenvalue weighted by atomic mass is 19.4. The maximum absolute atomic E-state index is 12.1. The first-order valence-corrected chi connectivity index (χ1v) is 6.89. The Morgan fingerprint density at radius 2 is 1.50 bits per heavy atom. The normalized spacial score (nSPS) is 33.2. The smallest absolute Gasteiger partial charge is 0.389 e. The summed E-state index contributed by atoms with van der Waals surface area (Å²) >= 11 is 0. The maximum Gasteiger partial charge on any atom is 0.389 e. The molecule has 1 rings (SSSR count). The zero-order valence-corrected chi connectivity index (χ0v) is 11.6. The summed E-state index contributed by atoms with van der Waals surface area (Å²) in [5, 5.41) is 10.4. The van der Waals surface area contributed by atoms with Gasteiger partial charge in [-0.1, -0.05) is 13.8 Å². The molecular weight excluding hydrogens is 241 g/mol. The highest BCUT2D eigenvalue weighted by Gasteiger charge is 2.37. The van der Waals surface area contributed by atoms with E-state index in [1.807, 2.05) is 0 Å². The highest BCUT2D eigenvalue weighted by Crippen LogP contribution is 2.41. The van der Waals surface area contributed by atoms with Gasteiger partial charge in [0, 0.05) is 6.42 Å². The van der Waals surface area contributed by atoms with Gasteiger partial charge in [-0.25, -0.2) is 0 Å². The van der Waals surface area contributed by atoms with E-state index >= 15 is 0 Å². The second-order valence-electron chi connectivity index (χ2n) is 6.44. The molecule has 0 saturated heterocycles. The van der Waals surface area contributed by atoms with Crippen LogP contribution in [0.3, 0.4) is 0 Å². The van der Waals surface area contributed by atoms with E-state index in [9.17, 15) is 18.3 Å². The third-order valence-electron chi connectivity index (χ3n) is 4.20. The lowest BCUT2D eigenvalue weighted by molar-refractivity contribution is -0.139. The monoisotopic (exact) mass is 266 g/mol. The fourth-order valence-electron chi connectivity index (χ4n) is 3.31. The minimum Gasteiger partial charge on any atom is -0.390 e. The van der Waals surface area contributed by atoms with E-state index in [-0.39, 0.29) is 18.8 Å². The Kier molecular flexibility index (Phi) is 5.10. The van der Waals surface area contributed by atoms with Gasteiger partial charge in [0.2, 0.25) is 0 Å². The Balaban J connectivity index is 2.46. The third kappa shape index (κ3) is 5.17. The number of hydrogen-bond donors (Lipinski definition) is 1.